The second-order valence-corrected chi connectivity index (χ2v) is 7.93. The van der Waals surface area contributed by atoms with Gasteiger partial charge in [0.25, 0.3) is 5.56 Å². The van der Waals surface area contributed by atoms with Gasteiger partial charge in [-0.3, -0.25) is 14.2 Å². The molecule has 1 aliphatic rings. The van der Waals surface area contributed by atoms with Crippen molar-refractivity contribution in [1.29, 1.82) is 0 Å². The Kier molecular flexibility index (Phi) is 5.88. The predicted molar refractivity (Wildman–Crippen MR) is 114 cm³/mol. The van der Waals surface area contributed by atoms with Gasteiger partial charge in [0, 0.05) is 12.6 Å². The van der Waals surface area contributed by atoms with E-state index in [1.807, 2.05) is 0 Å². The summed E-state index contributed by atoms with van der Waals surface area (Å²) in [5.41, 5.74) is 0.597. The summed E-state index contributed by atoms with van der Waals surface area (Å²) in [6, 6.07) is 7.57. The first-order valence-electron chi connectivity index (χ1n) is 10.5. The molecule has 1 fully saturated rings. The number of nitrogens with one attached hydrogen (secondary N) is 1. The van der Waals surface area contributed by atoms with E-state index in [9.17, 15) is 14.0 Å². The molecule has 0 unspecified atom stereocenters. The van der Waals surface area contributed by atoms with Gasteiger partial charge in [-0.05, 0) is 49.6 Å². The fourth-order valence-corrected chi connectivity index (χ4v) is 4.20. The largest absolute Gasteiger partial charge is 0.324 e. The Balaban J connectivity index is 1.57. The minimum atomic E-state index is -0.536. The minimum absolute atomic E-state index is 0.0683. The van der Waals surface area contributed by atoms with Gasteiger partial charge in [0.05, 0.1) is 16.8 Å². The van der Waals surface area contributed by atoms with Crippen LogP contribution in [0.2, 0.25) is 0 Å². The molecule has 156 valence electrons. The maximum Gasteiger partial charge on any atom is 0.267 e. The number of pyridine rings is 1. The predicted octanol–water partition coefficient (Wildman–Crippen LogP) is 4.53. The molecule has 1 aliphatic carbocycles. The third-order valence-electron chi connectivity index (χ3n) is 5.80. The van der Waals surface area contributed by atoms with Gasteiger partial charge in [0.2, 0.25) is 5.91 Å². The SMILES string of the molecule is Cc1nc2ncccc2c(=O)n1-c1ccc(F)c(NC(=O)CCC2CCCCC2)c1. The summed E-state index contributed by atoms with van der Waals surface area (Å²) in [4.78, 5) is 33.8. The number of fused-ring (bicyclic) bond motifs is 1. The summed E-state index contributed by atoms with van der Waals surface area (Å²) in [5, 5.41) is 3.05. The molecule has 0 bridgehead atoms. The van der Waals surface area contributed by atoms with Crippen LogP contribution in [-0.2, 0) is 4.79 Å². The van der Waals surface area contributed by atoms with E-state index >= 15 is 0 Å². The number of benzene rings is 1. The number of hydrogen-bond acceptors (Lipinski definition) is 4. The number of halogens is 1. The summed E-state index contributed by atoms with van der Waals surface area (Å²) in [6.45, 7) is 1.70. The van der Waals surface area contributed by atoms with E-state index in [1.54, 1.807) is 25.3 Å². The van der Waals surface area contributed by atoms with E-state index in [0.717, 1.165) is 6.42 Å². The highest BCUT2D eigenvalue weighted by atomic mass is 19.1. The van der Waals surface area contributed by atoms with Crippen LogP contribution in [-0.4, -0.2) is 20.4 Å². The van der Waals surface area contributed by atoms with E-state index < -0.39 is 5.82 Å². The monoisotopic (exact) mass is 408 g/mol. The van der Waals surface area contributed by atoms with Crippen molar-refractivity contribution >= 4 is 22.6 Å². The van der Waals surface area contributed by atoms with E-state index in [0.29, 0.717) is 34.9 Å². The van der Waals surface area contributed by atoms with Crippen LogP contribution in [0.1, 0.15) is 50.8 Å². The molecule has 1 amide bonds. The number of aromatic nitrogens is 3. The molecule has 0 saturated heterocycles. The van der Waals surface area contributed by atoms with Gasteiger partial charge in [-0.15, -0.1) is 0 Å². The molecule has 0 atom stereocenters. The average molecular weight is 408 g/mol. The van der Waals surface area contributed by atoms with Crippen LogP contribution >= 0.6 is 0 Å². The van der Waals surface area contributed by atoms with Crippen LogP contribution in [0.5, 0.6) is 0 Å². The highest BCUT2D eigenvalue weighted by molar-refractivity contribution is 5.91. The topological polar surface area (TPSA) is 76.9 Å². The molecule has 1 saturated carbocycles. The number of hydrogen-bond donors (Lipinski definition) is 1. The van der Waals surface area contributed by atoms with E-state index in [1.165, 1.54) is 54.9 Å². The fourth-order valence-electron chi connectivity index (χ4n) is 4.20. The van der Waals surface area contributed by atoms with Crippen molar-refractivity contribution in [3.05, 3.63) is 58.5 Å². The summed E-state index contributed by atoms with van der Waals surface area (Å²) >= 11 is 0. The zero-order valence-electron chi connectivity index (χ0n) is 17.0. The van der Waals surface area contributed by atoms with Crippen molar-refractivity contribution in [3.8, 4) is 5.69 Å². The molecule has 2 heterocycles. The van der Waals surface area contributed by atoms with Crippen molar-refractivity contribution in [2.45, 2.75) is 51.9 Å². The van der Waals surface area contributed by atoms with Crippen LogP contribution in [0.15, 0.2) is 41.3 Å². The van der Waals surface area contributed by atoms with Crippen LogP contribution in [0.4, 0.5) is 10.1 Å². The average Bonchev–Trinajstić information content (AvgIpc) is 2.75. The first kappa shape index (κ1) is 20.2. The second-order valence-electron chi connectivity index (χ2n) is 7.93. The Bertz CT molecular complexity index is 1140. The molecule has 1 aromatic carbocycles. The van der Waals surface area contributed by atoms with Crippen LogP contribution in [0.25, 0.3) is 16.7 Å². The number of aryl methyl sites for hydroxylation is 1. The van der Waals surface area contributed by atoms with Gasteiger partial charge < -0.3 is 5.32 Å². The third-order valence-corrected chi connectivity index (χ3v) is 5.80. The summed E-state index contributed by atoms with van der Waals surface area (Å²) in [6.07, 6.45) is 8.85. The highest BCUT2D eigenvalue weighted by Gasteiger charge is 2.17. The molecule has 30 heavy (non-hydrogen) atoms. The molecular formula is C23H25FN4O2. The van der Waals surface area contributed by atoms with Crippen molar-refractivity contribution in [2.24, 2.45) is 5.92 Å². The lowest BCUT2D eigenvalue weighted by Gasteiger charge is -2.21. The normalized spacial score (nSPS) is 14.7. The van der Waals surface area contributed by atoms with Gasteiger partial charge in [0.1, 0.15) is 11.6 Å². The maximum absolute atomic E-state index is 14.4. The Morgan fingerprint density at radius 2 is 2.03 bits per heavy atom. The van der Waals surface area contributed by atoms with Crippen LogP contribution in [0, 0.1) is 18.7 Å². The number of anilines is 1. The lowest BCUT2D eigenvalue weighted by Crippen LogP contribution is -2.23. The van der Waals surface area contributed by atoms with E-state index in [-0.39, 0.29) is 17.2 Å². The van der Waals surface area contributed by atoms with Crippen molar-refractivity contribution in [2.75, 3.05) is 5.32 Å². The fraction of sp³-hybridized carbons (Fsp3) is 0.391. The number of amides is 1. The minimum Gasteiger partial charge on any atom is -0.324 e. The number of rotatable bonds is 5. The Morgan fingerprint density at radius 1 is 1.23 bits per heavy atom. The third kappa shape index (κ3) is 4.25. The lowest BCUT2D eigenvalue weighted by atomic mass is 9.86. The molecule has 0 spiro atoms. The second kappa shape index (κ2) is 8.73. The molecule has 4 rings (SSSR count). The smallest absolute Gasteiger partial charge is 0.267 e. The molecule has 2 aromatic heterocycles. The zero-order valence-corrected chi connectivity index (χ0v) is 17.0. The van der Waals surface area contributed by atoms with E-state index in [4.69, 9.17) is 0 Å². The van der Waals surface area contributed by atoms with Gasteiger partial charge in [-0.2, -0.15) is 0 Å². The summed E-state index contributed by atoms with van der Waals surface area (Å²) in [5.74, 6) is 0.277. The van der Waals surface area contributed by atoms with Gasteiger partial charge in [0.15, 0.2) is 5.65 Å². The van der Waals surface area contributed by atoms with Crippen LogP contribution in [0.3, 0.4) is 0 Å². The van der Waals surface area contributed by atoms with Crippen molar-refractivity contribution in [3.63, 3.8) is 0 Å². The van der Waals surface area contributed by atoms with Crippen LogP contribution < -0.4 is 10.9 Å². The molecule has 1 N–H and O–H groups in total. The molecule has 7 heteroatoms. The van der Waals surface area contributed by atoms with Gasteiger partial charge >= 0.3 is 0 Å². The van der Waals surface area contributed by atoms with Gasteiger partial charge in [-0.1, -0.05) is 32.1 Å². The molecule has 0 radical (unpaired) electrons. The molecule has 6 nitrogen and oxygen atoms in total. The number of carbonyl (C=O) groups excluding carboxylic acids is 1. The highest BCUT2D eigenvalue weighted by Crippen LogP contribution is 2.27. The molecule has 3 aromatic rings. The van der Waals surface area contributed by atoms with E-state index in [2.05, 4.69) is 15.3 Å². The summed E-state index contributed by atoms with van der Waals surface area (Å²) < 4.78 is 15.8. The van der Waals surface area contributed by atoms with Gasteiger partial charge in [-0.25, -0.2) is 14.4 Å². The standard InChI is InChI=1S/C23H25FN4O2/c1-15-26-22-18(8-5-13-25-22)23(30)28(15)17-10-11-19(24)20(14-17)27-21(29)12-9-16-6-3-2-4-7-16/h5,8,10-11,13-14,16H,2-4,6-7,9,12H2,1H3,(H,27,29). The maximum atomic E-state index is 14.4. The first-order chi connectivity index (χ1) is 14.5. The summed E-state index contributed by atoms with van der Waals surface area (Å²) in [7, 11) is 0. The number of carbonyl (C=O) groups is 1. The Morgan fingerprint density at radius 3 is 2.83 bits per heavy atom. The zero-order chi connectivity index (χ0) is 21.1. The Labute approximate surface area is 174 Å². The first-order valence-corrected chi connectivity index (χ1v) is 10.5. The Hall–Kier alpha value is -3.09. The number of nitrogens with zero attached hydrogens (tertiary/aromatic N) is 3. The van der Waals surface area contributed by atoms with Crippen molar-refractivity contribution in [1.82, 2.24) is 14.5 Å². The molecular weight excluding hydrogens is 383 g/mol. The van der Waals surface area contributed by atoms with Crippen molar-refractivity contribution < 1.29 is 9.18 Å². The molecule has 0 aliphatic heterocycles. The lowest BCUT2D eigenvalue weighted by molar-refractivity contribution is -0.116. The quantitative estimate of drug-likeness (QED) is 0.673.